The molecule has 1 aromatic rings. The van der Waals surface area contributed by atoms with Crippen LogP contribution in [0.25, 0.3) is 0 Å². The maximum absolute atomic E-state index is 6.05. The molecule has 2 rings (SSSR count). The van der Waals surface area contributed by atoms with Crippen LogP contribution >= 0.6 is 27.5 Å². The van der Waals surface area contributed by atoms with Crippen LogP contribution in [0, 0.1) is 0 Å². The summed E-state index contributed by atoms with van der Waals surface area (Å²) in [6.07, 6.45) is 0.852. The standard InChI is InChI=1S/C9H9BrClNO/c10-6-2-1-5-7(12)3-4-13-9(5)8(6)11/h1-2,7H,3-4,12H2/t7-/m1/s1. The molecule has 0 aromatic heterocycles. The first-order valence-electron chi connectivity index (χ1n) is 4.06. The molecule has 0 unspecified atom stereocenters. The van der Waals surface area contributed by atoms with Crippen molar-refractivity contribution < 1.29 is 4.74 Å². The van der Waals surface area contributed by atoms with Crippen molar-refractivity contribution in [1.82, 2.24) is 0 Å². The number of fused-ring (bicyclic) bond motifs is 1. The summed E-state index contributed by atoms with van der Waals surface area (Å²) in [6, 6.07) is 3.90. The SMILES string of the molecule is N[C@@H]1CCOc2c1ccc(Br)c2Cl. The van der Waals surface area contributed by atoms with Gasteiger partial charge < -0.3 is 10.5 Å². The largest absolute Gasteiger partial charge is 0.492 e. The first kappa shape index (κ1) is 9.31. The Bertz CT molecular complexity index is 343. The second-order valence-electron chi connectivity index (χ2n) is 3.02. The molecular weight excluding hydrogens is 253 g/mol. The lowest BCUT2D eigenvalue weighted by atomic mass is 10.0. The van der Waals surface area contributed by atoms with Gasteiger partial charge in [0.05, 0.1) is 11.6 Å². The summed E-state index contributed by atoms with van der Waals surface area (Å²) >= 11 is 9.39. The smallest absolute Gasteiger partial charge is 0.143 e. The van der Waals surface area contributed by atoms with Crippen LogP contribution in [-0.4, -0.2) is 6.61 Å². The van der Waals surface area contributed by atoms with E-state index in [1.54, 1.807) is 0 Å². The number of hydrogen-bond donors (Lipinski definition) is 1. The molecule has 0 saturated heterocycles. The van der Waals surface area contributed by atoms with Crippen LogP contribution in [0.2, 0.25) is 5.02 Å². The lowest BCUT2D eigenvalue weighted by Crippen LogP contribution is -2.20. The first-order chi connectivity index (χ1) is 6.20. The Morgan fingerprint density at radius 1 is 1.54 bits per heavy atom. The van der Waals surface area contributed by atoms with Gasteiger partial charge in [0, 0.05) is 22.5 Å². The van der Waals surface area contributed by atoms with E-state index < -0.39 is 0 Å². The van der Waals surface area contributed by atoms with Gasteiger partial charge >= 0.3 is 0 Å². The number of hydrogen-bond acceptors (Lipinski definition) is 2. The number of nitrogens with two attached hydrogens (primary N) is 1. The van der Waals surface area contributed by atoms with Gasteiger partial charge in [-0.1, -0.05) is 17.7 Å². The summed E-state index contributed by atoms with van der Waals surface area (Å²) in [6.45, 7) is 0.643. The van der Waals surface area contributed by atoms with E-state index in [0.717, 1.165) is 22.2 Å². The van der Waals surface area contributed by atoms with E-state index in [9.17, 15) is 0 Å². The van der Waals surface area contributed by atoms with Crippen LogP contribution in [0.3, 0.4) is 0 Å². The molecule has 0 saturated carbocycles. The average Bonchev–Trinajstić information content (AvgIpc) is 2.12. The minimum absolute atomic E-state index is 0.0503. The molecule has 0 bridgehead atoms. The number of rotatable bonds is 0. The Morgan fingerprint density at radius 3 is 3.08 bits per heavy atom. The van der Waals surface area contributed by atoms with Crippen molar-refractivity contribution in [3.05, 3.63) is 27.2 Å². The second kappa shape index (κ2) is 3.48. The Labute approximate surface area is 90.1 Å². The van der Waals surface area contributed by atoms with E-state index in [1.165, 1.54) is 0 Å². The van der Waals surface area contributed by atoms with Crippen molar-refractivity contribution in [3.8, 4) is 5.75 Å². The molecular formula is C9H9BrClNO. The van der Waals surface area contributed by atoms with Crippen LogP contribution < -0.4 is 10.5 Å². The molecule has 1 atom stereocenters. The predicted octanol–water partition coefficient (Wildman–Crippen LogP) is 2.88. The summed E-state index contributed by atoms with van der Waals surface area (Å²) in [5.74, 6) is 0.731. The Morgan fingerprint density at radius 2 is 2.31 bits per heavy atom. The van der Waals surface area contributed by atoms with E-state index >= 15 is 0 Å². The molecule has 1 heterocycles. The van der Waals surface area contributed by atoms with E-state index in [-0.39, 0.29) is 6.04 Å². The molecule has 2 N–H and O–H groups in total. The van der Waals surface area contributed by atoms with E-state index in [2.05, 4.69) is 15.9 Å². The number of benzene rings is 1. The number of halogens is 2. The van der Waals surface area contributed by atoms with Gasteiger partial charge in [-0.15, -0.1) is 0 Å². The van der Waals surface area contributed by atoms with Crippen molar-refractivity contribution in [2.75, 3.05) is 6.61 Å². The van der Waals surface area contributed by atoms with Crippen molar-refractivity contribution in [2.24, 2.45) is 5.73 Å². The molecule has 0 fully saturated rings. The fourth-order valence-electron chi connectivity index (χ4n) is 1.43. The molecule has 0 aliphatic carbocycles. The lowest BCUT2D eigenvalue weighted by Gasteiger charge is -2.23. The molecule has 13 heavy (non-hydrogen) atoms. The third-order valence-corrected chi connectivity index (χ3v) is 3.42. The van der Waals surface area contributed by atoms with Gasteiger partial charge in [0.1, 0.15) is 5.75 Å². The zero-order chi connectivity index (χ0) is 9.42. The minimum Gasteiger partial charge on any atom is -0.492 e. The maximum Gasteiger partial charge on any atom is 0.143 e. The first-order valence-corrected chi connectivity index (χ1v) is 5.23. The van der Waals surface area contributed by atoms with Crippen LogP contribution in [0.1, 0.15) is 18.0 Å². The molecule has 2 nitrogen and oxygen atoms in total. The van der Waals surface area contributed by atoms with Crippen LogP contribution in [0.15, 0.2) is 16.6 Å². The fraction of sp³-hybridized carbons (Fsp3) is 0.333. The highest BCUT2D eigenvalue weighted by molar-refractivity contribution is 9.10. The Balaban J connectivity index is 2.56. The summed E-state index contributed by atoms with van der Waals surface area (Å²) in [4.78, 5) is 0. The summed E-state index contributed by atoms with van der Waals surface area (Å²) in [7, 11) is 0. The molecule has 1 aliphatic rings. The molecule has 1 aliphatic heterocycles. The summed E-state index contributed by atoms with van der Waals surface area (Å²) in [5, 5.41) is 0.618. The molecule has 0 spiro atoms. The summed E-state index contributed by atoms with van der Waals surface area (Å²) < 4.78 is 6.31. The Hall–Kier alpha value is -0.250. The average molecular weight is 263 g/mol. The van der Waals surface area contributed by atoms with Gasteiger partial charge in [-0.25, -0.2) is 0 Å². The maximum atomic E-state index is 6.05. The molecule has 1 aromatic carbocycles. The van der Waals surface area contributed by atoms with E-state index in [4.69, 9.17) is 22.1 Å². The second-order valence-corrected chi connectivity index (χ2v) is 4.26. The zero-order valence-electron chi connectivity index (χ0n) is 6.89. The monoisotopic (exact) mass is 261 g/mol. The highest BCUT2D eigenvalue weighted by atomic mass is 79.9. The summed E-state index contributed by atoms with van der Waals surface area (Å²) in [5.41, 5.74) is 6.91. The lowest BCUT2D eigenvalue weighted by molar-refractivity contribution is 0.269. The highest BCUT2D eigenvalue weighted by Gasteiger charge is 2.21. The predicted molar refractivity (Wildman–Crippen MR) is 56.2 cm³/mol. The van der Waals surface area contributed by atoms with Gasteiger partial charge in [0.2, 0.25) is 0 Å². The van der Waals surface area contributed by atoms with E-state index in [0.29, 0.717) is 11.6 Å². The minimum atomic E-state index is 0.0503. The van der Waals surface area contributed by atoms with Crippen molar-refractivity contribution in [2.45, 2.75) is 12.5 Å². The van der Waals surface area contributed by atoms with Crippen LogP contribution in [0.4, 0.5) is 0 Å². The fourth-order valence-corrected chi connectivity index (χ4v) is 1.97. The normalized spacial score (nSPS) is 20.7. The molecule has 70 valence electrons. The topological polar surface area (TPSA) is 35.2 Å². The third-order valence-electron chi connectivity index (χ3n) is 2.16. The molecule has 4 heteroatoms. The van der Waals surface area contributed by atoms with Gasteiger partial charge in [-0.2, -0.15) is 0 Å². The van der Waals surface area contributed by atoms with Crippen molar-refractivity contribution >= 4 is 27.5 Å². The van der Waals surface area contributed by atoms with E-state index in [1.807, 2.05) is 12.1 Å². The zero-order valence-corrected chi connectivity index (χ0v) is 9.23. The number of ether oxygens (including phenoxy) is 1. The van der Waals surface area contributed by atoms with Crippen molar-refractivity contribution in [3.63, 3.8) is 0 Å². The highest BCUT2D eigenvalue weighted by Crippen LogP contribution is 2.40. The van der Waals surface area contributed by atoms with Crippen LogP contribution in [-0.2, 0) is 0 Å². The van der Waals surface area contributed by atoms with Crippen molar-refractivity contribution in [1.29, 1.82) is 0 Å². The quantitative estimate of drug-likeness (QED) is 0.780. The van der Waals surface area contributed by atoms with Gasteiger partial charge in [-0.05, 0) is 22.0 Å². The Kier molecular flexibility index (Phi) is 2.49. The molecule has 0 amide bonds. The van der Waals surface area contributed by atoms with Gasteiger partial charge in [0.25, 0.3) is 0 Å². The van der Waals surface area contributed by atoms with Gasteiger partial charge in [0.15, 0.2) is 0 Å². The van der Waals surface area contributed by atoms with Crippen LogP contribution in [0.5, 0.6) is 5.75 Å². The third kappa shape index (κ3) is 1.56. The van der Waals surface area contributed by atoms with Gasteiger partial charge in [-0.3, -0.25) is 0 Å². The molecule has 0 radical (unpaired) electrons.